The van der Waals surface area contributed by atoms with E-state index in [2.05, 4.69) is 4.98 Å². The summed E-state index contributed by atoms with van der Waals surface area (Å²) < 4.78 is 7.02. The topological polar surface area (TPSA) is 110 Å². The van der Waals surface area contributed by atoms with Gasteiger partial charge in [0.15, 0.2) is 5.69 Å². The molecule has 8 nitrogen and oxygen atoms in total. The van der Waals surface area contributed by atoms with E-state index >= 15 is 0 Å². The van der Waals surface area contributed by atoms with Gasteiger partial charge in [-0.2, -0.15) is 0 Å². The molecule has 1 aromatic heterocycles. The van der Waals surface area contributed by atoms with Crippen LogP contribution in [0.1, 0.15) is 15.9 Å². The number of carbonyl (C=O) groups is 1. The summed E-state index contributed by atoms with van der Waals surface area (Å²) in [6.45, 7) is 0.151. The van der Waals surface area contributed by atoms with Crippen LogP contribution in [-0.4, -0.2) is 22.5 Å². The second kappa shape index (κ2) is 9.27. The fourth-order valence-electron chi connectivity index (χ4n) is 3.44. The summed E-state index contributed by atoms with van der Waals surface area (Å²) in [6.07, 6.45) is 0. The van der Waals surface area contributed by atoms with Gasteiger partial charge in [-0.05, 0) is 35.9 Å². The van der Waals surface area contributed by atoms with Crippen molar-refractivity contribution in [1.82, 2.24) is 9.55 Å². The number of benzene rings is 3. The third-order valence-electron chi connectivity index (χ3n) is 5.10. The van der Waals surface area contributed by atoms with Gasteiger partial charge in [-0.1, -0.05) is 54.6 Å². The smallest absolute Gasteiger partial charge is 0.330 e. The number of hydrogen-bond acceptors (Lipinski definition) is 5. The molecular weight excluding hydrogens is 420 g/mol. The molecule has 1 heterocycles. The van der Waals surface area contributed by atoms with Crippen molar-refractivity contribution in [2.45, 2.75) is 6.54 Å². The van der Waals surface area contributed by atoms with E-state index < -0.39 is 17.2 Å². The fraction of sp³-hybridized carbons (Fsp3) is 0.0800. The number of rotatable bonds is 6. The molecule has 166 valence electrons. The number of hydrogen-bond donors (Lipinski definition) is 2. The molecule has 0 aliphatic rings. The van der Waals surface area contributed by atoms with Crippen LogP contribution in [0.15, 0.2) is 94.5 Å². The minimum absolute atomic E-state index is 0.0971. The Balaban J connectivity index is 1.65. The molecule has 0 atom stereocenters. The number of nitrogens with one attached hydrogen (secondary N) is 1. The molecule has 4 aromatic rings. The van der Waals surface area contributed by atoms with Crippen molar-refractivity contribution in [3.8, 4) is 11.5 Å². The molecule has 0 unspecified atom stereocenters. The maximum absolute atomic E-state index is 13.2. The normalized spacial score (nSPS) is 10.6. The van der Waals surface area contributed by atoms with Crippen molar-refractivity contribution in [2.24, 2.45) is 0 Å². The fourth-order valence-corrected chi connectivity index (χ4v) is 3.44. The number of amides is 1. The minimum atomic E-state index is -0.741. The lowest BCUT2D eigenvalue weighted by atomic mass is 10.2. The summed E-state index contributed by atoms with van der Waals surface area (Å²) in [7, 11) is 1.44. The first kappa shape index (κ1) is 21.6. The Kier molecular flexibility index (Phi) is 6.08. The van der Waals surface area contributed by atoms with Crippen molar-refractivity contribution in [3.63, 3.8) is 0 Å². The predicted octanol–water partition coefficient (Wildman–Crippen LogP) is 3.24. The van der Waals surface area contributed by atoms with Gasteiger partial charge in [0.05, 0.1) is 6.54 Å². The van der Waals surface area contributed by atoms with E-state index in [1.165, 1.54) is 11.6 Å². The number of aromatic amines is 1. The highest BCUT2D eigenvalue weighted by Crippen LogP contribution is 2.24. The zero-order valence-corrected chi connectivity index (χ0v) is 17.9. The van der Waals surface area contributed by atoms with E-state index in [1.54, 1.807) is 36.4 Å². The maximum atomic E-state index is 13.2. The second-order valence-electron chi connectivity index (χ2n) is 7.37. The number of nitrogen functional groups attached to an aromatic ring is 1. The van der Waals surface area contributed by atoms with E-state index in [4.69, 9.17) is 10.5 Å². The molecule has 0 aliphatic carbocycles. The van der Waals surface area contributed by atoms with Gasteiger partial charge >= 0.3 is 5.69 Å². The molecule has 0 aliphatic heterocycles. The third kappa shape index (κ3) is 4.69. The van der Waals surface area contributed by atoms with Crippen LogP contribution in [0.3, 0.4) is 0 Å². The van der Waals surface area contributed by atoms with E-state index in [1.807, 2.05) is 48.5 Å². The highest BCUT2D eigenvalue weighted by atomic mass is 16.5. The van der Waals surface area contributed by atoms with Gasteiger partial charge in [0.2, 0.25) is 0 Å². The third-order valence-corrected chi connectivity index (χ3v) is 5.10. The second-order valence-corrected chi connectivity index (χ2v) is 7.37. The van der Waals surface area contributed by atoms with Crippen molar-refractivity contribution < 1.29 is 9.53 Å². The number of H-pyrrole nitrogens is 1. The molecule has 0 bridgehead atoms. The molecular formula is C25H22N4O4. The molecule has 4 rings (SSSR count). The Labute approximate surface area is 189 Å². The number of para-hydroxylation sites is 1. The summed E-state index contributed by atoms with van der Waals surface area (Å²) in [6, 6.07) is 25.0. The van der Waals surface area contributed by atoms with Gasteiger partial charge in [-0.3, -0.25) is 19.1 Å². The van der Waals surface area contributed by atoms with Crippen LogP contribution >= 0.6 is 0 Å². The average molecular weight is 442 g/mol. The Morgan fingerprint density at radius 1 is 0.939 bits per heavy atom. The molecule has 3 aromatic carbocycles. The lowest BCUT2D eigenvalue weighted by molar-refractivity contribution is 0.0992. The van der Waals surface area contributed by atoms with E-state index in [-0.39, 0.29) is 18.1 Å². The minimum Gasteiger partial charge on any atom is -0.457 e. The van der Waals surface area contributed by atoms with Gasteiger partial charge in [0.25, 0.3) is 11.5 Å². The van der Waals surface area contributed by atoms with E-state index in [9.17, 15) is 14.4 Å². The predicted molar refractivity (Wildman–Crippen MR) is 127 cm³/mol. The van der Waals surface area contributed by atoms with E-state index in [0.717, 1.165) is 10.5 Å². The SMILES string of the molecule is CN(C(=O)c1cccc(Oc2ccccc2)c1)c1c(N)n(Cc2ccccc2)c(=O)[nH]c1=O. The summed E-state index contributed by atoms with van der Waals surface area (Å²) in [5.74, 6) is 0.524. The van der Waals surface area contributed by atoms with Crippen LogP contribution in [0.4, 0.5) is 11.5 Å². The Morgan fingerprint density at radius 2 is 1.58 bits per heavy atom. The number of nitrogens with zero attached hydrogens (tertiary/aromatic N) is 2. The molecule has 33 heavy (non-hydrogen) atoms. The van der Waals surface area contributed by atoms with Crippen molar-refractivity contribution >= 4 is 17.4 Å². The van der Waals surface area contributed by atoms with Crippen LogP contribution < -0.4 is 26.6 Å². The van der Waals surface area contributed by atoms with Crippen LogP contribution in [-0.2, 0) is 6.54 Å². The number of carbonyl (C=O) groups excluding carboxylic acids is 1. The Morgan fingerprint density at radius 3 is 2.27 bits per heavy atom. The number of nitrogens with two attached hydrogens (primary N) is 1. The van der Waals surface area contributed by atoms with Gasteiger partial charge in [0.1, 0.15) is 17.3 Å². The van der Waals surface area contributed by atoms with Crippen molar-refractivity contribution in [3.05, 3.63) is 117 Å². The van der Waals surface area contributed by atoms with Crippen molar-refractivity contribution in [2.75, 3.05) is 17.7 Å². The molecule has 1 amide bonds. The van der Waals surface area contributed by atoms with Crippen LogP contribution in [0.2, 0.25) is 0 Å². The Hall–Kier alpha value is -4.59. The maximum Gasteiger partial charge on any atom is 0.330 e. The first-order valence-electron chi connectivity index (χ1n) is 10.2. The summed E-state index contributed by atoms with van der Waals surface area (Å²) in [5.41, 5.74) is 5.83. The summed E-state index contributed by atoms with van der Waals surface area (Å²) in [5, 5.41) is 0. The zero-order chi connectivity index (χ0) is 23.4. The highest BCUT2D eigenvalue weighted by molar-refractivity contribution is 6.07. The molecule has 0 saturated carbocycles. The molecule has 3 N–H and O–H groups in total. The van der Waals surface area contributed by atoms with Crippen LogP contribution in [0, 0.1) is 0 Å². The van der Waals surface area contributed by atoms with Crippen LogP contribution in [0.5, 0.6) is 11.5 Å². The monoisotopic (exact) mass is 442 g/mol. The quantitative estimate of drug-likeness (QED) is 0.476. The summed E-state index contributed by atoms with van der Waals surface area (Å²) in [4.78, 5) is 41.6. The molecule has 0 radical (unpaired) electrons. The van der Waals surface area contributed by atoms with E-state index in [0.29, 0.717) is 17.1 Å². The summed E-state index contributed by atoms with van der Waals surface area (Å²) >= 11 is 0. The first-order valence-corrected chi connectivity index (χ1v) is 10.2. The number of ether oxygens (including phenoxy) is 1. The molecule has 0 spiro atoms. The lowest BCUT2D eigenvalue weighted by Gasteiger charge is -2.20. The molecule has 0 fully saturated rings. The number of aromatic nitrogens is 2. The standard InChI is InChI=1S/C25H22N4O4/c1-28(24(31)18-11-8-14-20(15-18)33-19-12-6-3-7-13-19)21-22(26)29(25(32)27-23(21)30)16-17-9-4-2-5-10-17/h2-15H,16,26H2,1H3,(H,27,30,32). The van der Waals surface area contributed by atoms with Crippen LogP contribution in [0.25, 0.3) is 0 Å². The highest BCUT2D eigenvalue weighted by Gasteiger charge is 2.22. The average Bonchev–Trinajstić information content (AvgIpc) is 2.82. The molecule has 8 heteroatoms. The molecule has 0 saturated heterocycles. The largest absolute Gasteiger partial charge is 0.457 e. The number of anilines is 2. The zero-order valence-electron chi connectivity index (χ0n) is 17.9. The van der Waals surface area contributed by atoms with Gasteiger partial charge in [-0.25, -0.2) is 4.79 Å². The Bertz CT molecular complexity index is 1400. The first-order chi connectivity index (χ1) is 15.9. The van der Waals surface area contributed by atoms with Crippen molar-refractivity contribution in [1.29, 1.82) is 0 Å². The van der Waals surface area contributed by atoms with Gasteiger partial charge in [0, 0.05) is 12.6 Å². The van der Waals surface area contributed by atoms with Gasteiger partial charge in [-0.15, -0.1) is 0 Å². The van der Waals surface area contributed by atoms with Gasteiger partial charge < -0.3 is 15.4 Å². The lowest BCUT2D eigenvalue weighted by Crippen LogP contribution is -2.39.